The third-order valence-corrected chi connectivity index (χ3v) is 8.02. The number of nitrogen functional groups attached to an aromatic ring is 1. The number of aromatic nitrogens is 2. The third kappa shape index (κ3) is 5.06. The van der Waals surface area contributed by atoms with Crippen LogP contribution in [0.2, 0.25) is 0 Å². The number of pyridine rings is 2. The molecule has 2 aromatic heterocycles. The van der Waals surface area contributed by atoms with Gasteiger partial charge in [0.15, 0.2) is 0 Å². The summed E-state index contributed by atoms with van der Waals surface area (Å²) in [7, 11) is -4.23. The SMILES string of the molecule is CC(C)c1ccc(-c2ccc(C(=O)NS(=O)(=O)c3cccnc3N)c(N3C[C@@H](C)CC3(C)C)n2)cc1. The van der Waals surface area contributed by atoms with Crippen LogP contribution in [0.3, 0.4) is 0 Å². The minimum absolute atomic E-state index is 0.175. The second-order valence-corrected chi connectivity index (χ2v) is 12.0. The van der Waals surface area contributed by atoms with Gasteiger partial charge in [0.25, 0.3) is 15.9 Å². The van der Waals surface area contributed by atoms with Crippen molar-refractivity contribution in [2.45, 2.75) is 57.4 Å². The number of benzene rings is 1. The topological polar surface area (TPSA) is 118 Å². The predicted molar refractivity (Wildman–Crippen MR) is 142 cm³/mol. The highest BCUT2D eigenvalue weighted by Gasteiger charge is 2.39. The van der Waals surface area contributed by atoms with Crippen LogP contribution >= 0.6 is 0 Å². The molecular formula is C27H33N5O3S. The Hall–Kier alpha value is -3.46. The van der Waals surface area contributed by atoms with E-state index >= 15 is 0 Å². The summed E-state index contributed by atoms with van der Waals surface area (Å²) in [5.74, 6) is 0.326. The van der Waals surface area contributed by atoms with Crippen LogP contribution in [0.5, 0.6) is 0 Å². The van der Waals surface area contributed by atoms with Crippen molar-refractivity contribution in [2.75, 3.05) is 17.2 Å². The molecule has 190 valence electrons. The summed E-state index contributed by atoms with van der Waals surface area (Å²) < 4.78 is 28.0. The molecule has 1 aliphatic heterocycles. The number of anilines is 2. The lowest BCUT2D eigenvalue weighted by Gasteiger charge is -2.34. The number of sulfonamides is 1. The summed E-state index contributed by atoms with van der Waals surface area (Å²) in [5.41, 5.74) is 8.55. The lowest BCUT2D eigenvalue weighted by molar-refractivity contribution is 0.0981. The molecule has 0 spiro atoms. The van der Waals surface area contributed by atoms with Crippen LogP contribution in [0, 0.1) is 5.92 Å². The van der Waals surface area contributed by atoms with E-state index in [-0.39, 0.29) is 21.8 Å². The molecule has 36 heavy (non-hydrogen) atoms. The highest BCUT2D eigenvalue weighted by Crippen LogP contribution is 2.38. The summed E-state index contributed by atoms with van der Waals surface area (Å²) >= 11 is 0. The van der Waals surface area contributed by atoms with E-state index in [0.29, 0.717) is 29.9 Å². The van der Waals surface area contributed by atoms with Gasteiger partial charge >= 0.3 is 0 Å². The maximum Gasteiger partial charge on any atom is 0.268 e. The summed E-state index contributed by atoms with van der Waals surface area (Å²) in [6, 6.07) is 14.4. The van der Waals surface area contributed by atoms with E-state index in [9.17, 15) is 13.2 Å². The first-order valence-corrected chi connectivity index (χ1v) is 13.5. The van der Waals surface area contributed by atoms with E-state index in [0.717, 1.165) is 12.0 Å². The molecule has 0 saturated carbocycles. The van der Waals surface area contributed by atoms with Gasteiger partial charge in [0.05, 0.1) is 11.3 Å². The standard InChI is InChI=1S/C27H33N5O3S/c1-17(2)19-8-10-20(11-9-19)22-13-12-21(25(30-22)32-16-18(3)15-27(32,4)5)26(33)31-36(34,35)23-7-6-14-29-24(23)28/h6-14,17-18H,15-16H2,1-5H3,(H2,28,29)(H,31,33)/t18-/m0/s1. The van der Waals surface area contributed by atoms with Gasteiger partial charge in [-0.05, 0) is 61.9 Å². The van der Waals surface area contributed by atoms with Gasteiger partial charge in [0.2, 0.25) is 0 Å². The van der Waals surface area contributed by atoms with E-state index in [4.69, 9.17) is 10.7 Å². The van der Waals surface area contributed by atoms with Crippen LogP contribution in [-0.4, -0.2) is 36.4 Å². The minimum atomic E-state index is -4.23. The predicted octanol–water partition coefficient (Wildman–Crippen LogP) is 4.59. The van der Waals surface area contributed by atoms with Gasteiger partial charge in [-0.3, -0.25) is 4.79 Å². The number of carbonyl (C=O) groups excluding carboxylic acids is 1. The van der Waals surface area contributed by atoms with Crippen molar-refractivity contribution in [3.63, 3.8) is 0 Å². The zero-order chi connectivity index (χ0) is 26.3. The second kappa shape index (κ2) is 9.54. The van der Waals surface area contributed by atoms with Gasteiger partial charge in [-0.25, -0.2) is 23.1 Å². The zero-order valence-corrected chi connectivity index (χ0v) is 22.1. The molecule has 3 heterocycles. The molecule has 1 saturated heterocycles. The number of amides is 1. The maximum absolute atomic E-state index is 13.4. The Bertz CT molecular complexity index is 1380. The highest BCUT2D eigenvalue weighted by atomic mass is 32.2. The molecule has 9 heteroatoms. The Balaban J connectivity index is 1.76. The van der Waals surface area contributed by atoms with Gasteiger partial charge in [-0.1, -0.05) is 45.0 Å². The molecule has 3 aromatic rings. The molecule has 1 amide bonds. The molecular weight excluding hydrogens is 474 g/mol. The number of nitrogens with zero attached hydrogens (tertiary/aromatic N) is 3. The highest BCUT2D eigenvalue weighted by molar-refractivity contribution is 7.90. The number of hydrogen-bond donors (Lipinski definition) is 2. The molecule has 0 aliphatic carbocycles. The Morgan fingerprint density at radius 1 is 1.14 bits per heavy atom. The molecule has 8 nitrogen and oxygen atoms in total. The number of carbonyl (C=O) groups is 1. The molecule has 1 fully saturated rings. The first-order valence-electron chi connectivity index (χ1n) is 12.1. The largest absolute Gasteiger partial charge is 0.383 e. The molecule has 1 atom stereocenters. The van der Waals surface area contributed by atoms with Crippen molar-refractivity contribution in [1.82, 2.24) is 14.7 Å². The van der Waals surface area contributed by atoms with Crippen LogP contribution in [0.1, 0.15) is 62.9 Å². The van der Waals surface area contributed by atoms with Gasteiger partial charge in [0.1, 0.15) is 16.5 Å². The summed E-state index contributed by atoms with van der Waals surface area (Å²) in [6.07, 6.45) is 2.31. The quantitative estimate of drug-likeness (QED) is 0.501. The summed E-state index contributed by atoms with van der Waals surface area (Å²) in [5, 5.41) is 0. The lowest BCUT2D eigenvalue weighted by Crippen LogP contribution is -2.41. The third-order valence-electron chi connectivity index (χ3n) is 6.64. The lowest BCUT2D eigenvalue weighted by atomic mass is 9.97. The van der Waals surface area contributed by atoms with Gasteiger partial charge in [-0.2, -0.15) is 0 Å². The van der Waals surface area contributed by atoms with E-state index < -0.39 is 15.9 Å². The number of hydrogen-bond acceptors (Lipinski definition) is 7. The fraction of sp³-hybridized carbons (Fsp3) is 0.370. The van der Waals surface area contributed by atoms with Crippen LogP contribution in [-0.2, 0) is 10.0 Å². The van der Waals surface area contributed by atoms with Gasteiger partial charge in [-0.15, -0.1) is 0 Å². The van der Waals surface area contributed by atoms with E-state index in [1.807, 2.05) is 12.1 Å². The number of nitrogens with two attached hydrogens (primary N) is 1. The Morgan fingerprint density at radius 2 is 1.83 bits per heavy atom. The molecule has 0 unspecified atom stereocenters. The van der Waals surface area contributed by atoms with E-state index in [1.54, 1.807) is 12.1 Å². The monoisotopic (exact) mass is 507 g/mol. The van der Waals surface area contributed by atoms with Crippen molar-refractivity contribution in [3.8, 4) is 11.3 Å². The molecule has 3 N–H and O–H groups in total. The first kappa shape index (κ1) is 25.6. The number of rotatable bonds is 6. The van der Waals surface area contributed by atoms with Crippen molar-refractivity contribution >= 4 is 27.6 Å². The van der Waals surface area contributed by atoms with Crippen molar-refractivity contribution in [1.29, 1.82) is 0 Å². The Labute approximate surface area is 213 Å². The smallest absolute Gasteiger partial charge is 0.268 e. The van der Waals surface area contributed by atoms with Crippen molar-refractivity contribution < 1.29 is 13.2 Å². The molecule has 0 bridgehead atoms. The second-order valence-electron chi connectivity index (χ2n) is 10.4. The fourth-order valence-corrected chi connectivity index (χ4v) is 5.90. The van der Waals surface area contributed by atoms with E-state index in [1.165, 1.54) is 23.9 Å². The molecule has 1 aliphatic rings. The van der Waals surface area contributed by atoms with Crippen molar-refractivity contribution in [3.05, 3.63) is 65.9 Å². The van der Waals surface area contributed by atoms with Crippen LogP contribution in [0.15, 0.2) is 59.6 Å². The maximum atomic E-state index is 13.4. The van der Waals surface area contributed by atoms with Crippen molar-refractivity contribution in [2.24, 2.45) is 5.92 Å². The van der Waals surface area contributed by atoms with E-state index in [2.05, 4.69) is 61.4 Å². The summed E-state index contributed by atoms with van der Waals surface area (Å²) in [4.78, 5) is 23.9. The van der Waals surface area contributed by atoms with Crippen LogP contribution < -0.4 is 15.4 Å². The Kier molecular flexibility index (Phi) is 6.79. The molecule has 0 radical (unpaired) electrons. The number of nitrogens with one attached hydrogen (secondary N) is 1. The molecule has 1 aromatic carbocycles. The van der Waals surface area contributed by atoms with Gasteiger partial charge in [0, 0.05) is 23.8 Å². The minimum Gasteiger partial charge on any atom is -0.383 e. The first-order chi connectivity index (χ1) is 16.9. The summed E-state index contributed by atoms with van der Waals surface area (Å²) in [6.45, 7) is 11.4. The fourth-order valence-electron chi connectivity index (χ4n) is 4.85. The normalized spacial score (nSPS) is 17.4. The average molecular weight is 508 g/mol. The van der Waals surface area contributed by atoms with Gasteiger partial charge < -0.3 is 10.6 Å². The van der Waals surface area contributed by atoms with Crippen LogP contribution in [0.4, 0.5) is 11.6 Å². The van der Waals surface area contributed by atoms with Crippen LogP contribution in [0.25, 0.3) is 11.3 Å². The Morgan fingerprint density at radius 3 is 2.42 bits per heavy atom. The molecule has 4 rings (SSSR count). The average Bonchev–Trinajstić information content (AvgIpc) is 3.10. The zero-order valence-electron chi connectivity index (χ0n) is 21.3.